The topological polar surface area (TPSA) is 55.1 Å². The first-order valence-corrected chi connectivity index (χ1v) is 11.8. The van der Waals surface area contributed by atoms with Crippen LogP contribution in [0.4, 0.5) is 10.2 Å². The Bertz CT molecular complexity index is 954. The van der Waals surface area contributed by atoms with Crippen LogP contribution < -0.4 is 5.32 Å². The molecule has 2 aromatic heterocycles. The van der Waals surface area contributed by atoms with Crippen molar-refractivity contribution in [3.8, 4) is 11.1 Å². The molecule has 1 N–H and O–H groups in total. The van der Waals surface area contributed by atoms with Gasteiger partial charge >= 0.3 is 0 Å². The number of rotatable bonds is 4. The molecule has 1 unspecified atom stereocenters. The van der Waals surface area contributed by atoms with E-state index < -0.39 is 14.6 Å². The average molecular weight is 423 g/mol. The van der Waals surface area contributed by atoms with Gasteiger partial charge in [0.05, 0.1) is 19.4 Å². The zero-order valence-electron chi connectivity index (χ0n) is 14.8. The summed E-state index contributed by atoms with van der Waals surface area (Å²) in [6.07, 6.45) is 5.28. The molecule has 1 aromatic carbocycles. The van der Waals surface area contributed by atoms with Gasteiger partial charge in [0.25, 0.3) is 5.78 Å². The fourth-order valence-electron chi connectivity index (χ4n) is 3.65. The van der Waals surface area contributed by atoms with Crippen LogP contribution in [0.2, 0.25) is 22.3 Å². The number of aromatic nitrogens is 4. The Morgan fingerprint density at radius 3 is 2.70 bits per heavy atom. The second-order valence-corrected chi connectivity index (χ2v) is 10.7. The minimum Gasteiger partial charge on any atom is -0.370 e. The molecule has 1 fully saturated rings. The molecule has 1 atom stereocenters. The number of fused-ring (bicyclic) bond motifs is 1. The van der Waals surface area contributed by atoms with Crippen LogP contribution in [-0.2, 0) is 0 Å². The van der Waals surface area contributed by atoms with Crippen molar-refractivity contribution in [3.05, 3.63) is 40.5 Å². The van der Waals surface area contributed by atoms with E-state index in [9.17, 15) is 4.39 Å². The molecule has 9 heteroatoms. The lowest BCUT2D eigenvalue weighted by Crippen LogP contribution is -2.37. The first-order valence-electron chi connectivity index (χ1n) is 9.01. The van der Waals surface area contributed by atoms with Crippen molar-refractivity contribution in [2.24, 2.45) is 0 Å². The lowest BCUT2D eigenvalue weighted by Gasteiger charge is -2.28. The summed E-state index contributed by atoms with van der Waals surface area (Å²) in [5.74, 6) is 0.505. The van der Waals surface area contributed by atoms with E-state index in [4.69, 9.17) is 23.2 Å². The summed E-state index contributed by atoms with van der Waals surface area (Å²) >= 11 is 12.8. The van der Waals surface area contributed by atoms with E-state index in [2.05, 4.69) is 27.3 Å². The van der Waals surface area contributed by atoms with Crippen molar-refractivity contribution in [1.82, 2.24) is 19.6 Å². The molecule has 0 spiro atoms. The second-order valence-electron chi connectivity index (χ2n) is 6.78. The van der Waals surface area contributed by atoms with E-state index in [0.717, 1.165) is 0 Å². The summed E-state index contributed by atoms with van der Waals surface area (Å²) in [7, 11) is -0.568. The number of nitrogens with zero attached hydrogens (tertiary/aromatic N) is 4. The third-order valence-corrected chi connectivity index (χ3v) is 9.01. The van der Waals surface area contributed by atoms with Crippen LogP contribution in [0.3, 0.4) is 0 Å². The van der Waals surface area contributed by atoms with Gasteiger partial charge in [-0.2, -0.15) is 19.6 Å². The number of benzene rings is 1. The van der Waals surface area contributed by atoms with Gasteiger partial charge < -0.3 is 5.32 Å². The van der Waals surface area contributed by atoms with Gasteiger partial charge in [-0.1, -0.05) is 60.6 Å². The average Bonchev–Trinajstić information content (AvgIpc) is 3.12. The third kappa shape index (κ3) is 3.55. The zero-order valence-corrected chi connectivity index (χ0v) is 17.4. The SMILES string of the molecule is CC(Nc1c(-c2c(F)cccc2Cl)c(Cl)nc2ncnn12)[Si]1CCCCC1. The molecule has 4 rings (SSSR count). The van der Waals surface area contributed by atoms with Crippen molar-refractivity contribution >= 4 is 43.6 Å². The van der Waals surface area contributed by atoms with E-state index >= 15 is 0 Å². The Balaban J connectivity index is 1.86. The summed E-state index contributed by atoms with van der Waals surface area (Å²) in [5, 5.41) is 8.26. The van der Waals surface area contributed by atoms with E-state index in [1.807, 2.05) is 0 Å². The van der Waals surface area contributed by atoms with E-state index in [-0.39, 0.29) is 21.4 Å². The summed E-state index contributed by atoms with van der Waals surface area (Å²) in [5.41, 5.74) is 0.915. The first kappa shape index (κ1) is 18.7. The van der Waals surface area contributed by atoms with Gasteiger partial charge in [-0.15, -0.1) is 0 Å². The highest BCUT2D eigenvalue weighted by atomic mass is 35.5. The molecule has 3 aromatic rings. The van der Waals surface area contributed by atoms with Gasteiger partial charge in [0.2, 0.25) is 0 Å². The number of hydrogen-bond acceptors (Lipinski definition) is 4. The fraction of sp³-hybridized carbons (Fsp3) is 0.389. The first-order chi connectivity index (χ1) is 13.1. The molecule has 0 aliphatic carbocycles. The molecular weight excluding hydrogens is 404 g/mol. The van der Waals surface area contributed by atoms with Crippen molar-refractivity contribution in [2.75, 3.05) is 5.32 Å². The van der Waals surface area contributed by atoms with Gasteiger partial charge in [-0.3, -0.25) is 0 Å². The van der Waals surface area contributed by atoms with Crippen molar-refractivity contribution in [1.29, 1.82) is 0 Å². The van der Waals surface area contributed by atoms with Crippen molar-refractivity contribution < 1.29 is 4.39 Å². The van der Waals surface area contributed by atoms with Crippen LogP contribution in [0.5, 0.6) is 0 Å². The van der Waals surface area contributed by atoms with E-state index in [1.54, 1.807) is 16.6 Å². The molecule has 0 saturated carbocycles. The predicted octanol–water partition coefficient (Wildman–Crippen LogP) is 5.26. The largest absolute Gasteiger partial charge is 0.370 e. The maximum atomic E-state index is 14.7. The molecule has 3 heterocycles. The molecule has 5 nitrogen and oxygen atoms in total. The molecule has 1 saturated heterocycles. The van der Waals surface area contributed by atoms with Crippen LogP contribution >= 0.6 is 23.2 Å². The molecule has 0 bridgehead atoms. The summed E-state index contributed by atoms with van der Waals surface area (Å²) in [4.78, 5) is 8.41. The smallest absolute Gasteiger partial charge is 0.255 e. The van der Waals surface area contributed by atoms with Gasteiger partial charge in [-0.05, 0) is 19.1 Å². The summed E-state index contributed by atoms with van der Waals surface area (Å²) in [6, 6.07) is 7.12. The molecule has 1 aliphatic rings. The Morgan fingerprint density at radius 2 is 1.96 bits per heavy atom. The van der Waals surface area contributed by atoms with E-state index in [0.29, 0.717) is 17.2 Å². The standard InChI is InChI=1S/C18H19Cl2FN5Si/c1-11(27-8-3-2-4-9-27)24-17-15(14-12(19)6-5-7-13(14)21)16(20)25-18-22-10-23-26(17)18/h5-7,10-11,24H,2-4,8-9H2,1H3. The lowest BCUT2D eigenvalue weighted by atomic mass is 10.1. The summed E-state index contributed by atoms with van der Waals surface area (Å²) in [6.45, 7) is 2.18. The molecule has 141 valence electrons. The quantitative estimate of drug-likeness (QED) is 0.460. The van der Waals surface area contributed by atoms with Gasteiger partial charge in [0.15, 0.2) is 0 Å². The van der Waals surface area contributed by atoms with Crippen LogP contribution in [0, 0.1) is 5.82 Å². The Morgan fingerprint density at radius 1 is 1.19 bits per heavy atom. The van der Waals surface area contributed by atoms with Crippen LogP contribution in [0.25, 0.3) is 16.9 Å². The lowest BCUT2D eigenvalue weighted by molar-refractivity contribution is 0.631. The minimum atomic E-state index is -0.568. The van der Waals surface area contributed by atoms with Gasteiger partial charge in [0.1, 0.15) is 23.1 Å². The monoisotopic (exact) mass is 422 g/mol. The van der Waals surface area contributed by atoms with Crippen molar-refractivity contribution in [3.63, 3.8) is 0 Å². The van der Waals surface area contributed by atoms with Crippen molar-refractivity contribution in [2.45, 2.75) is 43.9 Å². The zero-order chi connectivity index (χ0) is 19.0. The highest BCUT2D eigenvalue weighted by Crippen LogP contribution is 2.40. The predicted molar refractivity (Wildman–Crippen MR) is 108 cm³/mol. The fourth-order valence-corrected chi connectivity index (χ4v) is 7.04. The molecule has 0 amide bonds. The molecular formula is C18H19Cl2FN5Si. The van der Waals surface area contributed by atoms with Crippen LogP contribution in [-0.4, -0.2) is 34.0 Å². The molecule has 1 radical (unpaired) electrons. The molecule has 1 aliphatic heterocycles. The molecule has 27 heavy (non-hydrogen) atoms. The van der Waals surface area contributed by atoms with Crippen LogP contribution in [0.1, 0.15) is 26.2 Å². The highest BCUT2D eigenvalue weighted by Gasteiger charge is 2.27. The number of nitrogens with one attached hydrogen (secondary N) is 1. The number of hydrogen-bond donors (Lipinski definition) is 1. The number of anilines is 1. The Kier molecular flexibility index (Phi) is 5.34. The maximum Gasteiger partial charge on any atom is 0.255 e. The van der Waals surface area contributed by atoms with Crippen LogP contribution in [0.15, 0.2) is 24.5 Å². The third-order valence-electron chi connectivity index (χ3n) is 5.06. The Labute approximate surface area is 168 Å². The van der Waals surface area contributed by atoms with Gasteiger partial charge in [-0.25, -0.2) is 4.39 Å². The second kappa shape index (κ2) is 7.73. The maximum absolute atomic E-state index is 14.7. The normalized spacial score (nSPS) is 16.6. The highest BCUT2D eigenvalue weighted by molar-refractivity contribution is 6.61. The number of halogens is 3. The minimum absolute atomic E-state index is 0.151. The summed E-state index contributed by atoms with van der Waals surface area (Å²) < 4.78 is 16.3. The van der Waals surface area contributed by atoms with E-state index in [1.165, 1.54) is 43.7 Å². The Hall–Kier alpha value is -1.70. The van der Waals surface area contributed by atoms with Gasteiger partial charge in [0, 0.05) is 11.2 Å².